The molecule has 0 saturated heterocycles. The monoisotopic (exact) mass is 367 g/mol. The number of carbonyl (C=O) groups excluding carboxylic acids is 3. The summed E-state index contributed by atoms with van der Waals surface area (Å²) in [5, 5.41) is 0. The minimum Gasteiger partial charge on any atom is -0.465 e. The average molecular weight is 368 g/mol. The molecule has 0 spiro atoms. The molecular formula is C16H18BrNO4. The molecule has 5 nitrogen and oxygen atoms in total. The molecule has 0 radical (unpaired) electrons. The molecule has 0 bridgehead atoms. The summed E-state index contributed by atoms with van der Waals surface area (Å²) < 4.78 is 5.12. The fourth-order valence-corrected chi connectivity index (χ4v) is 2.48. The molecule has 1 unspecified atom stereocenters. The van der Waals surface area contributed by atoms with Crippen LogP contribution in [0.3, 0.4) is 0 Å². The summed E-state index contributed by atoms with van der Waals surface area (Å²) in [6.45, 7) is 4.44. The van der Waals surface area contributed by atoms with Crippen molar-refractivity contribution in [2.75, 3.05) is 13.2 Å². The molecule has 1 aliphatic rings. The zero-order chi connectivity index (χ0) is 16.3. The first-order valence-corrected chi connectivity index (χ1v) is 8.09. The van der Waals surface area contributed by atoms with Gasteiger partial charge in [-0.15, -0.1) is 0 Å². The van der Waals surface area contributed by atoms with E-state index in [0.29, 0.717) is 24.2 Å². The second kappa shape index (κ2) is 7.05. The van der Waals surface area contributed by atoms with Gasteiger partial charge in [-0.05, 0) is 24.5 Å². The smallest absolute Gasteiger partial charge is 0.319 e. The summed E-state index contributed by atoms with van der Waals surface area (Å²) in [5.74, 6) is -0.725. The zero-order valence-corrected chi connectivity index (χ0v) is 14.1. The Balaban J connectivity index is 1.92. The van der Waals surface area contributed by atoms with E-state index in [2.05, 4.69) is 15.9 Å². The van der Waals surface area contributed by atoms with Gasteiger partial charge in [-0.25, -0.2) is 0 Å². The molecule has 1 aliphatic heterocycles. The van der Waals surface area contributed by atoms with Crippen LogP contribution in [0.5, 0.6) is 0 Å². The molecule has 1 aromatic carbocycles. The first-order chi connectivity index (χ1) is 10.4. The fourth-order valence-electron chi connectivity index (χ4n) is 2.14. The molecule has 0 aliphatic carbocycles. The van der Waals surface area contributed by atoms with Crippen molar-refractivity contribution >= 4 is 33.7 Å². The van der Waals surface area contributed by atoms with Crippen molar-refractivity contribution in [2.24, 2.45) is 5.92 Å². The maximum absolute atomic E-state index is 12.2. The maximum Gasteiger partial charge on any atom is 0.319 e. The third kappa shape index (κ3) is 3.55. The van der Waals surface area contributed by atoms with Gasteiger partial charge >= 0.3 is 5.97 Å². The molecule has 118 valence electrons. The number of carbonyl (C=O) groups is 3. The lowest BCUT2D eigenvalue weighted by Gasteiger charge is -2.16. The number of imide groups is 1. The van der Waals surface area contributed by atoms with Crippen molar-refractivity contribution < 1.29 is 19.1 Å². The predicted molar refractivity (Wildman–Crippen MR) is 84.9 cm³/mol. The Morgan fingerprint density at radius 1 is 1.18 bits per heavy atom. The Labute approximate surface area is 137 Å². The van der Waals surface area contributed by atoms with Crippen LogP contribution in [0.15, 0.2) is 24.3 Å². The lowest BCUT2D eigenvalue weighted by molar-refractivity contribution is -0.144. The van der Waals surface area contributed by atoms with E-state index in [-0.39, 0.29) is 30.2 Å². The van der Waals surface area contributed by atoms with Crippen LogP contribution in [-0.2, 0) is 9.53 Å². The number of hydrogen-bond acceptors (Lipinski definition) is 4. The van der Waals surface area contributed by atoms with Crippen LogP contribution in [0.25, 0.3) is 0 Å². The minimum atomic E-state index is -0.532. The number of halogens is 1. The maximum atomic E-state index is 12.2. The first kappa shape index (κ1) is 16.7. The molecule has 1 aromatic rings. The van der Waals surface area contributed by atoms with E-state index >= 15 is 0 Å². The van der Waals surface area contributed by atoms with Gasteiger partial charge in [0.1, 0.15) is 4.83 Å². The van der Waals surface area contributed by atoms with Crippen molar-refractivity contribution in [2.45, 2.75) is 25.1 Å². The van der Waals surface area contributed by atoms with Crippen LogP contribution in [0.1, 0.15) is 41.0 Å². The van der Waals surface area contributed by atoms with Crippen molar-refractivity contribution in [3.63, 3.8) is 0 Å². The number of ether oxygens (including phenoxy) is 1. The molecule has 22 heavy (non-hydrogen) atoms. The van der Waals surface area contributed by atoms with Gasteiger partial charge in [0.2, 0.25) is 0 Å². The second-order valence-electron chi connectivity index (χ2n) is 5.59. The molecule has 2 amide bonds. The highest BCUT2D eigenvalue weighted by Crippen LogP contribution is 2.23. The van der Waals surface area contributed by atoms with Gasteiger partial charge in [0.25, 0.3) is 11.8 Å². The van der Waals surface area contributed by atoms with Crippen molar-refractivity contribution in [3.05, 3.63) is 35.4 Å². The highest BCUT2D eigenvalue weighted by molar-refractivity contribution is 9.10. The molecule has 0 saturated carbocycles. The van der Waals surface area contributed by atoms with Gasteiger partial charge in [-0.2, -0.15) is 0 Å². The Kier molecular flexibility index (Phi) is 5.34. The Hall–Kier alpha value is -1.69. The number of hydrogen-bond donors (Lipinski definition) is 0. The first-order valence-electron chi connectivity index (χ1n) is 7.17. The molecule has 2 rings (SSSR count). The summed E-state index contributed by atoms with van der Waals surface area (Å²) in [7, 11) is 0. The number of benzene rings is 1. The fraction of sp³-hybridized carbons (Fsp3) is 0.438. The number of fused-ring (bicyclic) bond motifs is 1. The molecule has 0 N–H and O–H groups in total. The van der Waals surface area contributed by atoms with Gasteiger partial charge in [-0.1, -0.05) is 41.9 Å². The molecule has 6 heteroatoms. The minimum absolute atomic E-state index is 0.180. The third-order valence-corrected chi connectivity index (χ3v) is 4.13. The normalized spacial score (nSPS) is 15.2. The van der Waals surface area contributed by atoms with E-state index in [1.165, 1.54) is 4.90 Å². The number of amides is 2. The Bertz CT molecular complexity index is 565. The lowest BCUT2D eigenvalue weighted by Crippen LogP contribution is -2.33. The van der Waals surface area contributed by atoms with E-state index in [9.17, 15) is 14.4 Å². The summed E-state index contributed by atoms with van der Waals surface area (Å²) in [4.78, 5) is 36.8. The van der Waals surface area contributed by atoms with Gasteiger partial charge in [0.05, 0.1) is 17.7 Å². The van der Waals surface area contributed by atoms with Crippen LogP contribution in [0.2, 0.25) is 0 Å². The predicted octanol–water partition coefficient (Wildman–Crippen LogP) is 2.64. The zero-order valence-electron chi connectivity index (χ0n) is 12.5. The van der Waals surface area contributed by atoms with Crippen LogP contribution in [0.4, 0.5) is 0 Å². The van der Waals surface area contributed by atoms with Crippen LogP contribution >= 0.6 is 15.9 Å². The van der Waals surface area contributed by atoms with Gasteiger partial charge in [-0.3, -0.25) is 19.3 Å². The largest absolute Gasteiger partial charge is 0.465 e. The van der Waals surface area contributed by atoms with Gasteiger partial charge in [0, 0.05) is 6.54 Å². The van der Waals surface area contributed by atoms with E-state index < -0.39 is 4.83 Å². The number of alkyl halides is 1. The molecular weight excluding hydrogens is 350 g/mol. The quantitative estimate of drug-likeness (QED) is 0.440. The summed E-state index contributed by atoms with van der Waals surface area (Å²) in [6.07, 6.45) is 0.322. The summed E-state index contributed by atoms with van der Waals surface area (Å²) >= 11 is 3.25. The van der Waals surface area contributed by atoms with Crippen LogP contribution in [-0.4, -0.2) is 40.7 Å². The Morgan fingerprint density at radius 3 is 2.23 bits per heavy atom. The number of nitrogens with zero attached hydrogens (tertiary/aromatic N) is 1. The van der Waals surface area contributed by atoms with Crippen LogP contribution in [0, 0.1) is 5.92 Å². The highest BCUT2D eigenvalue weighted by Gasteiger charge is 2.35. The summed E-state index contributed by atoms with van der Waals surface area (Å²) in [6, 6.07) is 6.73. The van der Waals surface area contributed by atoms with E-state index in [1.807, 2.05) is 13.8 Å². The number of rotatable bonds is 6. The van der Waals surface area contributed by atoms with Gasteiger partial charge < -0.3 is 4.74 Å². The van der Waals surface area contributed by atoms with E-state index in [0.717, 1.165) is 0 Å². The topological polar surface area (TPSA) is 63.7 Å². The van der Waals surface area contributed by atoms with Gasteiger partial charge in [0.15, 0.2) is 0 Å². The van der Waals surface area contributed by atoms with Crippen molar-refractivity contribution in [1.29, 1.82) is 0 Å². The molecule has 0 fully saturated rings. The van der Waals surface area contributed by atoms with E-state index in [1.54, 1.807) is 24.3 Å². The number of esters is 1. The molecule has 1 heterocycles. The second-order valence-corrected chi connectivity index (χ2v) is 6.69. The van der Waals surface area contributed by atoms with Crippen molar-refractivity contribution in [3.8, 4) is 0 Å². The Morgan fingerprint density at radius 2 is 1.73 bits per heavy atom. The molecule has 1 atom stereocenters. The van der Waals surface area contributed by atoms with Crippen LogP contribution < -0.4 is 0 Å². The average Bonchev–Trinajstić information content (AvgIpc) is 2.74. The molecule has 0 aromatic heterocycles. The van der Waals surface area contributed by atoms with Crippen molar-refractivity contribution in [1.82, 2.24) is 4.90 Å². The highest BCUT2D eigenvalue weighted by atomic mass is 79.9. The SMILES string of the molecule is CC(C)COC(=O)C(Br)CCN1C(=O)c2ccccc2C1=O. The summed E-state index contributed by atoms with van der Waals surface area (Å²) in [5.41, 5.74) is 0.835. The van der Waals surface area contributed by atoms with E-state index in [4.69, 9.17) is 4.74 Å². The lowest BCUT2D eigenvalue weighted by atomic mass is 10.1. The standard InChI is InChI=1S/C16H18BrNO4/c1-10(2)9-22-16(21)13(17)7-8-18-14(19)11-5-3-4-6-12(11)15(18)20/h3-6,10,13H,7-9H2,1-2H3. The third-order valence-electron chi connectivity index (χ3n) is 3.30.